The van der Waals surface area contributed by atoms with Gasteiger partial charge < -0.3 is 5.32 Å². The molecule has 0 atom stereocenters. The monoisotopic (exact) mass is 428 g/mol. The number of amides is 1. The van der Waals surface area contributed by atoms with Gasteiger partial charge in [0.25, 0.3) is 0 Å². The van der Waals surface area contributed by atoms with Crippen molar-refractivity contribution in [1.29, 1.82) is 0 Å². The Balaban J connectivity index is 2.29. The predicted molar refractivity (Wildman–Crippen MR) is 108 cm³/mol. The third kappa shape index (κ3) is 6.21. The van der Waals surface area contributed by atoms with E-state index in [9.17, 15) is 13.2 Å². The van der Waals surface area contributed by atoms with Crippen LogP contribution in [0.1, 0.15) is 25.3 Å². The molecule has 5 nitrogen and oxygen atoms in total. The number of sulfonamides is 1. The summed E-state index contributed by atoms with van der Waals surface area (Å²) in [6.07, 6.45) is 1.77. The normalized spacial score (nSPS) is 11.6. The summed E-state index contributed by atoms with van der Waals surface area (Å²) in [5.74, 6) is -0.354. The number of nitrogens with one attached hydrogen (secondary N) is 1. The lowest BCUT2D eigenvalue weighted by Crippen LogP contribution is -2.40. The van der Waals surface area contributed by atoms with Gasteiger partial charge in [0.1, 0.15) is 0 Å². The van der Waals surface area contributed by atoms with Gasteiger partial charge in [0.2, 0.25) is 15.9 Å². The van der Waals surface area contributed by atoms with Gasteiger partial charge >= 0.3 is 0 Å². The molecular formula is C19H22Cl2N2O3S. The van der Waals surface area contributed by atoms with E-state index in [1.807, 2.05) is 6.92 Å². The Morgan fingerprint density at radius 3 is 2.37 bits per heavy atom. The third-order valence-corrected chi connectivity index (χ3v) is 6.36. The summed E-state index contributed by atoms with van der Waals surface area (Å²) in [5, 5.41) is 3.63. The van der Waals surface area contributed by atoms with Crippen molar-refractivity contribution in [2.75, 3.05) is 13.1 Å². The van der Waals surface area contributed by atoms with E-state index < -0.39 is 10.0 Å². The van der Waals surface area contributed by atoms with Crippen LogP contribution in [0.4, 0.5) is 0 Å². The zero-order chi connectivity index (χ0) is 19.9. The van der Waals surface area contributed by atoms with Crippen molar-refractivity contribution in [2.24, 2.45) is 0 Å². The van der Waals surface area contributed by atoms with Crippen LogP contribution in [0.2, 0.25) is 10.0 Å². The first-order valence-corrected chi connectivity index (χ1v) is 10.8. The molecule has 8 heteroatoms. The fourth-order valence-electron chi connectivity index (χ4n) is 2.42. The van der Waals surface area contributed by atoms with E-state index >= 15 is 0 Å². The first-order chi connectivity index (χ1) is 12.8. The zero-order valence-corrected chi connectivity index (χ0v) is 17.3. The van der Waals surface area contributed by atoms with Crippen molar-refractivity contribution >= 4 is 39.1 Å². The highest BCUT2D eigenvalue weighted by atomic mass is 35.5. The minimum Gasteiger partial charge on any atom is -0.355 e. The number of unbranched alkanes of at least 4 members (excludes halogenated alkanes) is 1. The Hall–Kier alpha value is -1.60. The van der Waals surface area contributed by atoms with Gasteiger partial charge in [0, 0.05) is 23.1 Å². The Morgan fingerprint density at radius 1 is 1.07 bits per heavy atom. The number of carbonyl (C=O) groups is 1. The standard InChI is InChI=1S/C19H22Cl2N2O3S/c1-2-3-12-22-19(24)14-23(13-15-6-4-5-7-18(15)21)27(25,26)17-10-8-16(20)9-11-17/h4-11H,2-3,12-14H2,1H3,(H,22,24). The fraction of sp³-hybridized carbons (Fsp3) is 0.316. The molecule has 0 aliphatic heterocycles. The van der Waals surface area contributed by atoms with Crippen molar-refractivity contribution in [3.8, 4) is 0 Å². The molecule has 0 saturated heterocycles. The maximum absolute atomic E-state index is 13.1. The van der Waals surface area contributed by atoms with Crippen molar-refractivity contribution in [3.63, 3.8) is 0 Å². The van der Waals surface area contributed by atoms with Crippen molar-refractivity contribution < 1.29 is 13.2 Å². The molecular weight excluding hydrogens is 407 g/mol. The van der Waals surface area contributed by atoms with Gasteiger partial charge in [0.15, 0.2) is 0 Å². The molecule has 0 unspecified atom stereocenters. The van der Waals surface area contributed by atoms with Crippen LogP contribution in [0, 0.1) is 0 Å². The van der Waals surface area contributed by atoms with Crippen LogP contribution in [0.25, 0.3) is 0 Å². The second-order valence-corrected chi connectivity index (χ2v) is 8.80. The van der Waals surface area contributed by atoms with Crippen LogP contribution in [0.3, 0.4) is 0 Å². The van der Waals surface area contributed by atoms with Gasteiger partial charge in [-0.05, 0) is 42.3 Å². The summed E-state index contributed by atoms with van der Waals surface area (Å²) in [5.41, 5.74) is 0.623. The molecule has 0 heterocycles. The smallest absolute Gasteiger partial charge is 0.243 e. The maximum Gasteiger partial charge on any atom is 0.243 e. The quantitative estimate of drug-likeness (QED) is 0.611. The fourth-order valence-corrected chi connectivity index (χ4v) is 4.11. The number of carbonyl (C=O) groups excluding carboxylic acids is 1. The van der Waals surface area contributed by atoms with E-state index in [1.54, 1.807) is 24.3 Å². The summed E-state index contributed by atoms with van der Waals surface area (Å²) in [6.45, 7) is 2.23. The summed E-state index contributed by atoms with van der Waals surface area (Å²) in [7, 11) is -3.90. The molecule has 1 amide bonds. The summed E-state index contributed by atoms with van der Waals surface area (Å²) in [4.78, 5) is 12.3. The summed E-state index contributed by atoms with van der Waals surface area (Å²) in [6, 6.07) is 12.8. The second kappa shape index (κ2) is 10.1. The van der Waals surface area contributed by atoms with Gasteiger partial charge in [-0.1, -0.05) is 54.7 Å². The number of nitrogens with zero attached hydrogens (tertiary/aromatic N) is 1. The Kier molecular flexibility index (Phi) is 8.10. The van der Waals surface area contributed by atoms with Crippen LogP contribution in [-0.2, 0) is 21.4 Å². The van der Waals surface area contributed by atoms with Crippen LogP contribution in [-0.4, -0.2) is 31.7 Å². The molecule has 0 aliphatic rings. The molecule has 0 spiro atoms. The number of halogens is 2. The van der Waals surface area contributed by atoms with Crippen molar-refractivity contribution in [2.45, 2.75) is 31.2 Å². The largest absolute Gasteiger partial charge is 0.355 e. The minimum absolute atomic E-state index is 0.00810. The lowest BCUT2D eigenvalue weighted by molar-refractivity contribution is -0.121. The maximum atomic E-state index is 13.1. The molecule has 2 aromatic carbocycles. The van der Waals surface area contributed by atoms with Gasteiger partial charge in [-0.3, -0.25) is 4.79 Å². The molecule has 0 aliphatic carbocycles. The Morgan fingerprint density at radius 2 is 1.74 bits per heavy atom. The predicted octanol–water partition coefficient (Wildman–Crippen LogP) is 4.10. The molecule has 0 saturated carbocycles. The molecule has 146 valence electrons. The molecule has 0 aromatic heterocycles. The highest BCUT2D eigenvalue weighted by Crippen LogP contribution is 2.23. The van der Waals surface area contributed by atoms with Gasteiger partial charge in [0.05, 0.1) is 11.4 Å². The van der Waals surface area contributed by atoms with Gasteiger partial charge in [-0.2, -0.15) is 4.31 Å². The lowest BCUT2D eigenvalue weighted by Gasteiger charge is -2.22. The molecule has 2 aromatic rings. The molecule has 0 radical (unpaired) electrons. The number of rotatable bonds is 9. The number of benzene rings is 2. The first kappa shape index (κ1) is 21.7. The number of hydrogen-bond acceptors (Lipinski definition) is 3. The van der Waals surface area contributed by atoms with Gasteiger partial charge in [-0.15, -0.1) is 0 Å². The highest BCUT2D eigenvalue weighted by molar-refractivity contribution is 7.89. The average molecular weight is 429 g/mol. The summed E-state index contributed by atoms with van der Waals surface area (Å²) >= 11 is 12.0. The number of hydrogen-bond donors (Lipinski definition) is 1. The van der Waals surface area contributed by atoms with Gasteiger partial charge in [-0.25, -0.2) is 8.42 Å². The first-order valence-electron chi connectivity index (χ1n) is 8.60. The molecule has 0 bridgehead atoms. The summed E-state index contributed by atoms with van der Waals surface area (Å²) < 4.78 is 27.3. The minimum atomic E-state index is -3.90. The van der Waals surface area contributed by atoms with Crippen molar-refractivity contribution in [3.05, 3.63) is 64.1 Å². The lowest BCUT2D eigenvalue weighted by atomic mass is 10.2. The third-order valence-electron chi connectivity index (χ3n) is 3.93. The van der Waals surface area contributed by atoms with E-state index in [-0.39, 0.29) is 23.9 Å². The average Bonchev–Trinajstić information content (AvgIpc) is 2.63. The molecule has 0 fully saturated rings. The van der Waals surface area contributed by atoms with E-state index in [1.165, 1.54) is 24.3 Å². The SMILES string of the molecule is CCCCNC(=O)CN(Cc1ccccc1Cl)S(=O)(=O)c1ccc(Cl)cc1. The Labute approximate surface area is 170 Å². The van der Waals surface area contributed by atoms with Crippen LogP contribution in [0.15, 0.2) is 53.4 Å². The van der Waals surface area contributed by atoms with E-state index in [0.717, 1.165) is 17.1 Å². The highest BCUT2D eigenvalue weighted by Gasteiger charge is 2.27. The van der Waals surface area contributed by atoms with Crippen LogP contribution < -0.4 is 5.32 Å². The second-order valence-electron chi connectivity index (χ2n) is 6.02. The van der Waals surface area contributed by atoms with Crippen molar-refractivity contribution in [1.82, 2.24) is 9.62 Å². The van der Waals surface area contributed by atoms with Crippen LogP contribution in [0.5, 0.6) is 0 Å². The zero-order valence-electron chi connectivity index (χ0n) is 15.0. The van der Waals surface area contributed by atoms with E-state index in [2.05, 4.69) is 5.32 Å². The molecule has 27 heavy (non-hydrogen) atoms. The van der Waals surface area contributed by atoms with E-state index in [0.29, 0.717) is 22.2 Å². The molecule has 2 rings (SSSR count). The van der Waals surface area contributed by atoms with Crippen LogP contribution >= 0.6 is 23.2 Å². The topological polar surface area (TPSA) is 66.5 Å². The van der Waals surface area contributed by atoms with E-state index in [4.69, 9.17) is 23.2 Å². The Bertz CT molecular complexity index is 871. The molecule has 1 N–H and O–H groups in total.